The van der Waals surface area contributed by atoms with Crippen molar-refractivity contribution >= 4 is 28.6 Å². The van der Waals surface area contributed by atoms with Crippen molar-refractivity contribution in [1.29, 1.82) is 0 Å². The molecule has 0 spiro atoms. The largest absolute Gasteiger partial charge is 0.497 e. The Morgan fingerprint density at radius 1 is 1.22 bits per heavy atom. The lowest BCUT2D eigenvalue weighted by Gasteiger charge is -2.19. The highest BCUT2D eigenvalue weighted by Crippen LogP contribution is 2.43. The molecule has 2 heterocycles. The fourth-order valence-corrected chi connectivity index (χ4v) is 4.84. The predicted octanol–water partition coefficient (Wildman–Crippen LogP) is 3.60. The Morgan fingerprint density at radius 2 is 2.00 bits per heavy atom. The van der Waals surface area contributed by atoms with Crippen molar-refractivity contribution in [3.63, 3.8) is 0 Å². The number of fused-ring (bicyclic) bond motifs is 2. The van der Waals surface area contributed by atoms with Crippen LogP contribution in [0.3, 0.4) is 0 Å². The molecule has 4 rings (SSSR count). The van der Waals surface area contributed by atoms with Gasteiger partial charge in [-0.15, -0.1) is 0 Å². The number of carbonyl (C=O) groups is 2. The lowest BCUT2D eigenvalue weighted by atomic mass is 9.86. The molecule has 2 amide bonds. The number of nitrogens with zero attached hydrogens (tertiary/aromatic N) is 1. The summed E-state index contributed by atoms with van der Waals surface area (Å²) in [5.41, 5.74) is 6.80. The molecule has 0 saturated carbocycles. The van der Waals surface area contributed by atoms with Crippen LogP contribution in [-0.2, 0) is 11.2 Å². The molecule has 1 aliphatic carbocycles. The van der Waals surface area contributed by atoms with Gasteiger partial charge in [-0.2, -0.15) is 0 Å². The summed E-state index contributed by atoms with van der Waals surface area (Å²) in [5.74, 6) is 0.565. The first-order chi connectivity index (χ1) is 15.5. The summed E-state index contributed by atoms with van der Waals surface area (Å²) >= 11 is 0. The van der Waals surface area contributed by atoms with Gasteiger partial charge in [0.05, 0.1) is 18.2 Å². The van der Waals surface area contributed by atoms with Gasteiger partial charge in [-0.25, -0.2) is 0 Å². The molecule has 1 aromatic carbocycles. The number of ether oxygens (including phenoxy) is 1. The third-order valence-electron chi connectivity index (χ3n) is 6.55. The summed E-state index contributed by atoms with van der Waals surface area (Å²) in [5, 5.41) is 6.06. The lowest BCUT2D eigenvalue weighted by Crippen LogP contribution is -2.35. The van der Waals surface area contributed by atoms with Crippen LogP contribution in [0.25, 0.3) is 11.1 Å². The Kier molecular flexibility index (Phi) is 6.37. The molecule has 7 heteroatoms. The van der Waals surface area contributed by atoms with E-state index in [0.29, 0.717) is 17.9 Å². The Hall–Kier alpha value is -3.06. The van der Waals surface area contributed by atoms with E-state index >= 15 is 0 Å². The zero-order valence-corrected chi connectivity index (χ0v) is 19.4. The molecule has 2 aromatic rings. The number of allylic oxidation sites excluding steroid dienone is 1. The van der Waals surface area contributed by atoms with Crippen LogP contribution in [0.4, 0.5) is 5.69 Å². The minimum absolute atomic E-state index is 0.0450. The van der Waals surface area contributed by atoms with Gasteiger partial charge >= 0.3 is 0 Å². The van der Waals surface area contributed by atoms with Crippen LogP contribution >= 0.6 is 0 Å². The molecule has 7 nitrogen and oxygen atoms in total. The topological polar surface area (TPSA) is 86.5 Å². The maximum Gasteiger partial charge on any atom is 0.256 e. The van der Waals surface area contributed by atoms with Gasteiger partial charge in [0.25, 0.3) is 11.8 Å². The minimum Gasteiger partial charge on any atom is -0.497 e. The molecule has 3 N–H and O–H groups in total. The van der Waals surface area contributed by atoms with Crippen LogP contribution < -0.4 is 15.4 Å². The summed E-state index contributed by atoms with van der Waals surface area (Å²) in [7, 11) is 1.62. The maximum atomic E-state index is 13.1. The van der Waals surface area contributed by atoms with Gasteiger partial charge in [0.15, 0.2) is 0 Å². The van der Waals surface area contributed by atoms with Crippen molar-refractivity contribution in [2.45, 2.75) is 40.0 Å². The number of aromatic nitrogens is 1. The van der Waals surface area contributed by atoms with E-state index in [1.165, 1.54) is 0 Å². The number of likely N-dealkylation sites (N-methyl/N-ethyl adjacent to an activating group) is 1. The quantitative estimate of drug-likeness (QED) is 0.579. The van der Waals surface area contributed by atoms with E-state index < -0.39 is 0 Å². The molecule has 0 fully saturated rings. The molecule has 0 bridgehead atoms. The van der Waals surface area contributed by atoms with E-state index in [2.05, 4.69) is 34.4 Å². The summed E-state index contributed by atoms with van der Waals surface area (Å²) < 4.78 is 5.38. The lowest BCUT2D eigenvalue weighted by molar-refractivity contribution is -0.110. The first-order valence-corrected chi connectivity index (χ1v) is 11.4. The average molecular weight is 437 g/mol. The highest BCUT2D eigenvalue weighted by Gasteiger charge is 2.33. The van der Waals surface area contributed by atoms with Crippen molar-refractivity contribution in [2.75, 3.05) is 38.6 Å². The number of H-pyrrole nitrogens is 1. The number of anilines is 1. The third-order valence-corrected chi connectivity index (χ3v) is 6.55. The van der Waals surface area contributed by atoms with Crippen molar-refractivity contribution in [2.24, 2.45) is 0 Å². The zero-order valence-electron chi connectivity index (χ0n) is 19.4. The summed E-state index contributed by atoms with van der Waals surface area (Å²) in [6.07, 6.45) is 2.51. The van der Waals surface area contributed by atoms with E-state index in [4.69, 9.17) is 4.74 Å². The predicted molar refractivity (Wildman–Crippen MR) is 127 cm³/mol. The van der Waals surface area contributed by atoms with Crippen LogP contribution in [0.1, 0.15) is 59.6 Å². The van der Waals surface area contributed by atoms with E-state index in [1.807, 2.05) is 25.1 Å². The molecule has 0 radical (unpaired) electrons. The van der Waals surface area contributed by atoms with Crippen LogP contribution in [0.5, 0.6) is 5.75 Å². The van der Waals surface area contributed by atoms with Crippen molar-refractivity contribution in [3.8, 4) is 5.75 Å². The monoisotopic (exact) mass is 436 g/mol. The number of nitrogens with one attached hydrogen (secondary N) is 3. The van der Waals surface area contributed by atoms with E-state index in [0.717, 1.165) is 78.2 Å². The molecule has 32 heavy (non-hydrogen) atoms. The average Bonchev–Trinajstić information content (AvgIpc) is 3.31. The molecule has 0 saturated heterocycles. The van der Waals surface area contributed by atoms with Gasteiger partial charge in [-0.1, -0.05) is 13.8 Å². The van der Waals surface area contributed by atoms with Gasteiger partial charge in [0.1, 0.15) is 5.75 Å². The zero-order chi connectivity index (χ0) is 22.8. The van der Waals surface area contributed by atoms with E-state index in [1.54, 1.807) is 7.11 Å². The Balaban J connectivity index is 1.68. The minimum atomic E-state index is -0.103. The molecule has 170 valence electrons. The van der Waals surface area contributed by atoms with Crippen LogP contribution in [0.15, 0.2) is 18.2 Å². The second-order valence-electron chi connectivity index (χ2n) is 8.33. The van der Waals surface area contributed by atoms with Crippen molar-refractivity contribution < 1.29 is 14.3 Å². The molecule has 0 atom stereocenters. The van der Waals surface area contributed by atoms with Gasteiger partial charge in [0, 0.05) is 35.7 Å². The fraction of sp³-hybridized carbons (Fsp3) is 0.440. The number of amides is 2. The second-order valence-corrected chi connectivity index (χ2v) is 8.33. The summed E-state index contributed by atoms with van der Waals surface area (Å²) in [6.45, 7) is 9.57. The first-order valence-electron chi connectivity index (χ1n) is 11.4. The number of hydrogen-bond donors (Lipinski definition) is 3. The Labute approximate surface area is 189 Å². The van der Waals surface area contributed by atoms with Gasteiger partial charge in [-0.05, 0) is 68.6 Å². The van der Waals surface area contributed by atoms with Gasteiger partial charge in [0.2, 0.25) is 0 Å². The smallest absolute Gasteiger partial charge is 0.256 e. The number of methoxy groups -OCH3 is 1. The van der Waals surface area contributed by atoms with Crippen LogP contribution in [0, 0.1) is 6.92 Å². The third kappa shape index (κ3) is 3.93. The molecule has 2 aliphatic rings. The number of aromatic amines is 1. The number of carbonyl (C=O) groups excluding carboxylic acids is 2. The van der Waals surface area contributed by atoms with Gasteiger partial charge in [-0.3, -0.25) is 9.59 Å². The highest BCUT2D eigenvalue weighted by molar-refractivity contribution is 6.37. The summed E-state index contributed by atoms with van der Waals surface area (Å²) in [4.78, 5) is 31.7. The first kappa shape index (κ1) is 22.1. The van der Waals surface area contributed by atoms with E-state index in [-0.39, 0.29) is 11.8 Å². The number of rotatable bonds is 7. The van der Waals surface area contributed by atoms with Crippen LogP contribution in [-0.4, -0.2) is 55.0 Å². The highest BCUT2D eigenvalue weighted by atomic mass is 16.5. The Morgan fingerprint density at radius 3 is 2.72 bits per heavy atom. The van der Waals surface area contributed by atoms with Gasteiger partial charge < -0.3 is 25.3 Å². The maximum absolute atomic E-state index is 13.1. The molecule has 1 aliphatic heterocycles. The molecular weight excluding hydrogens is 404 g/mol. The van der Waals surface area contributed by atoms with E-state index in [9.17, 15) is 9.59 Å². The number of aryl methyl sites for hydroxylation is 1. The fourth-order valence-electron chi connectivity index (χ4n) is 4.84. The SMILES string of the molecule is CCN(CC)CCNC(=O)c1c(C)[nH]c2c1CCC/C2=C1/C(=O)Nc2ccc(OC)cc21. The number of benzene rings is 1. The summed E-state index contributed by atoms with van der Waals surface area (Å²) in [6, 6.07) is 5.62. The standard InChI is InChI=1S/C25H32N4O3/c1-5-29(6-2)13-12-26-24(30)21-15(3)27-23-17(21)8-7-9-18(23)22-19-14-16(32-4)10-11-20(19)28-25(22)31/h10-11,14,27H,5-9,12-13H2,1-4H3,(H,26,30)(H,28,31)/b22-18-. The van der Waals surface area contributed by atoms with Crippen LogP contribution in [0.2, 0.25) is 0 Å². The molecule has 0 unspecified atom stereocenters. The molecular formula is C25H32N4O3. The number of hydrogen-bond acceptors (Lipinski definition) is 4. The molecule has 1 aromatic heterocycles. The normalized spacial score (nSPS) is 17.2. The van der Waals surface area contributed by atoms with Crippen molar-refractivity contribution in [1.82, 2.24) is 15.2 Å². The Bertz CT molecular complexity index is 1080. The second kappa shape index (κ2) is 9.20. The van der Waals surface area contributed by atoms with Crippen molar-refractivity contribution in [3.05, 3.63) is 46.3 Å².